The molecule has 7 heteroatoms. The fourth-order valence-electron chi connectivity index (χ4n) is 3.48. The van der Waals surface area contributed by atoms with E-state index in [1.807, 2.05) is 54.8 Å². The standard InChI is InChI=1S/C26H25N3O3S/c1-17-7-12-21(29(2)26(30)20-5-4-6-22(31-3)24(20)27)23(15-17)32-16-18-8-10-19(11-9-18)25-28-13-14-33-25/h4-15H,16,27H2,1-3H3. The Morgan fingerprint density at radius 1 is 1.09 bits per heavy atom. The average molecular weight is 460 g/mol. The lowest BCUT2D eigenvalue weighted by Gasteiger charge is -2.22. The zero-order valence-electron chi connectivity index (χ0n) is 18.7. The molecule has 3 aromatic carbocycles. The summed E-state index contributed by atoms with van der Waals surface area (Å²) in [6, 6.07) is 19.0. The SMILES string of the molecule is COc1cccc(C(=O)N(C)c2ccc(C)cc2OCc2ccc(-c3nccs3)cc2)c1N. The third kappa shape index (κ3) is 4.83. The van der Waals surface area contributed by atoms with E-state index in [4.69, 9.17) is 15.2 Å². The molecular formula is C26H25N3O3S. The monoisotopic (exact) mass is 459 g/mol. The number of thiazole rings is 1. The molecule has 0 unspecified atom stereocenters. The Morgan fingerprint density at radius 2 is 1.88 bits per heavy atom. The number of benzene rings is 3. The summed E-state index contributed by atoms with van der Waals surface area (Å²) in [6.45, 7) is 2.36. The highest BCUT2D eigenvalue weighted by atomic mass is 32.1. The van der Waals surface area contributed by atoms with Crippen LogP contribution in [0.15, 0.2) is 72.2 Å². The lowest BCUT2D eigenvalue weighted by atomic mass is 10.1. The summed E-state index contributed by atoms with van der Waals surface area (Å²) in [4.78, 5) is 19.1. The van der Waals surface area contributed by atoms with Crippen LogP contribution in [0, 0.1) is 6.92 Å². The molecule has 2 N–H and O–H groups in total. The van der Waals surface area contributed by atoms with Crippen molar-refractivity contribution in [2.45, 2.75) is 13.5 Å². The lowest BCUT2D eigenvalue weighted by Crippen LogP contribution is -2.27. The van der Waals surface area contributed by atoms with E-state index in [1.54, 1.807) is 47.7 Å². The Hall–Kier alpha value is -3.84. The predicted molar refractivity (Wildman–Crippen MR) is 133 cm³/mol. The molecule has 6 nitrogen and oxygen atoms in total. The van der Waals surface area contributed by atoms with Gasteiger partial charge in [0.2, 0.25) is 0 Å². The van der Waals surface area contributed by atoms with Gasteiger partial charge in [-0.3, -0.25) is 4.79 Å². The smallest absolute Gasteiger partial charge is 0.260 e. The van der Waals surface area contributed by atoms with E-state index in [2.05, 4.69) is 4.98 Å². The van der Waals surface area contributed by atoms with Gasteiger partial charge in [0, 0.05) is 24.2 Å². The number of aryl methyl sites for hydroxylation is 1. The van der Waals surface area contributed by atoms with E-state index in [9.17, 15) is 4.79 Å². The summed E-state index contributed by atoms with van der Waals surface area (Å²) < 4.78 is 11.4. The van der Waals surface area contributed by atoms with Crippen molar-refractivity contribution in [2.24, 2.45) is 0 Å². The highest BCUT2D eigenvalue weighted by molar-refractivity contribution is 7.13. The molecule has 0 aliphatic rings. The van der Waals surface area contributed by atoms with Crippen molar-refractivity contribution in [3.63, 3.8) is 0 Å². The molecule has 1 amide bonds. The lowest BCUT2D eigenvalue weighted by molar-refractivity contribution is 0.0992. The van der Waals surface area contributed by atoms with E-state index in [-0.39, 0.29) is 5.91 Å². The van der Waals surface area contributed by atoms with Gasteiger partial charge >= 0.3 is 0 Å². The number of anilines is 2. The van der Waals surface area contributed by atoms with Gasteiger partial charge in [0.25, 0.3) is 5.91 Å². The number of nitrogens with zero attached hydrogens (tertiary/aromatic N) is 2. The molecule has 1 aromatic heterocycles. The molecule has 168 valence electrons. The fourth-order valence-corrected chi connectivity index (χ4v) is 4.13. The van der Waals surface area contributed by atoms with Crippen LogP contribution in [-0.2, 0) is 6.61 Å². The maximum absolute atomic E-state index is 13.2. The van der Waals surface area contributed by atoms with Crippen LogP contribution in [0.3, 0.4) is 0 Å². The largest absolute Gasteiger partial charge is 0.495 e. The number of nitrogen functional groups attached to an aromatic ring is 1. The highest BCUT2D eigenvalue weighted by Crippen LogP contribution is 2.33. The van der Waals surface area contributed by atoms with Crippen LogP contribution in [-0.4, -0.2) is 25.0 Å². The number of aromatic nitrogens is 1. The highest BCUT2D eigenvalue weighted by Gasteiger charge is 2.21. The maximum Gasteiger partial charge on any atom is 0.260 e. The first kappa shape index (κ1) is 22.4. The minimum Gasteiger partial charge on any atom is -0.495 e. The second kappa shape index (κ2) is 9.75. The Labute approximate surface area is 197 Å². The molecule has 0 bridgehead atoms. The van der Waals surface area contributed by atoms with Gasteiger partial charge in [-0.15, -0.1) is 11.3 Å². The molecule has 0 radical (unpaired) electrons. The van der Waals surface area contributed by atoms with Gasteiger partial charge < -0.3 is 20.1 Å². The molecule has 1 heterocycles. The van der Waals surface area contributed by atoms with Crippen molar-refractivity contribution < 1.29 is 14.3 Å². The zero-order chi connectivity index (χ0) is 23.4. The Balaban J connectivity index is 1.54. The number of nitrogens with two attached hydrogens (primary N) is 1. The van der Waals surface area contributed by atoms with Gasteiger partial charge in [-0.2, -0.15) is 0 Å². The second-order valence-corrected chi connectivity index (χ2v) is 8.47. The van der Waals surface area contributed by atoms with Crippen LogP contribution in [0.4, 0.5) is 11.4 Å². The molecule has 0 spiro atoms. The minimum atomic E-state index is -0.243. The Morgan fingerprint density at radius 3 is 2.58 bits per heavy atom. The molecule has 0 saturated heterocycles. The Kier molecular flexibility index (Phi) is 6.60. The summed E-state index contributed by atoms with van der Waals surface area (Å²) in [7, 11) is 3.24. The normalized spacial score (nSPS) is 10.6. The van der Waals surface area contributed by atoms with E-state index < -0.39 is 0 Å². The van der Waals surface area contributed by atoms with Crippen LogP contribution in [0.5, 0.6) is 11.5 Å². The van der Waals surface area contributed by atoms with Crippen LogP contribution in [0.25, 0.3) is 10.6 Å². The number of hydrogen-bond acceptors (Lipinski definition) is 6. The molecule has 0 aliphatic heterocycles. The topological polar surface area (TPSA) is 77.7 Å². The van der Waals surface area contributed by atoms with Crippen molar-refractivity contribution in [3.05, 3.63) is 88.9 Å². The molecular weight excluding hydrogens is 434 g/mol. The first-order chi connectivity index (χ1) is 16.0. The number of ether oxygens (including phenoxy) is 2. The molecule has 4 aromatic rings. The number of methoxy groups -OCH3 is 1. The van der Waals surface area contributed by atoms with Crippen molar-refractivity contribution >= 4 is 28.6 Å². The van der Waals surface area contributed by atoms with Crippen LogP contribution >= 0.6 is 11.3 Å². The van der Waals surface area contributed by atoms with Gasteiger partial charge in [0.1, 0.15) is 23.1 Å². The molecule has 0 aliphatic carbocycles. The van der Waals surface area contributed by atoms with Crippen molar-refractivity contribution in [2.75, 3.05) is 24.8 Å². The van der Waals surface area contributed by atoms with Crippen molar-refractivity contribution in [3.8, 4) is 22.1 Å². The van der Waals surface area contributed by atoms with E-state index in [0.29, 0.717) is 35.0 Å². The molecule has 33 heavy (non-hydrogen) atoms. The second-order valence-electron chi connectivity index (χ2n) is 7.58. The number of carbonyl (C=O) groups excluding carboxylic acids is 1. The third-order valence-corrected chi connectivity index (χ3v) is 6.15. The molecule has 0 fully saturated rings. The first-order valence-electron chi connectivity index (χ1n) is 10.4. The predicted octanol–water partition coefficient (Wildman–Crippen LogP) is 5.56. The van der Waals surface area contributed by atoms with Crippen LogP contribution in [0.1, 0.15) is 21.5 Å². The van der Waals surface area contributed by atoms with Gasteiger partial charge in [-0.25, -0.2) is 4.98 Å². The average Bonchev–Trinajstić information content (AvgIpc) is 3.37. The van der Waals surface area contributed by atoms with Gasteiger partial charge in [-0.05, 0) is 42.3 Å². The van der Waals surface area contributed by atoms with E-state index >= 15 is 0 Å². The van der Waals surface area contributed by atoms with Crippen molar-refractivity contribution in [1.29, 1.82) is 0 Å². The zero-order valence-corrected chi connectivity index (χ0v) is 19.6. The van der Waals surface area contributed by atoms with Crippen LogP contribution < -0.4 is 20.1 Å². The quantitative estimate of drug-likeness (QED) is 0.366. The molecule has 4 rings (SSSR count). The number of para-hydroxylation sites is 1. The van der Waals surface area contributed by atoms with Gasteiger partial charge in [0.15, 0.2) is 0 Å². The first-order valence-corrected chi connectivity index (χ1v) is 11.3. The number of rotatable bonds is 7. The number of carbonyl (C=O) groups is 1. The summed E-state index contributed by atoms with van der Waals surface area (Å²) in [6.07, 6.45) is 1.80. The number of hydrogen-bond donors (Lipinski definition) is 1. The summed E-state index contributed by atoms with van der Waals surface area (Å²) in [5.41, 5.74) is 10.6. The fraction of sp³-hybridized carbons (Fsp3) is 0.154. The molecule has 0 atom stereocenters. The van der Waals surface area contributed by atoms with Gasteiger partial charge in [0.05, 0.1) is 24.0 Å². The third-order valence-electron chi connectivity index (χ3n) is 5.33. The minimum absolute atomic E-state index is 0.243. The summed E-state index contributed by atoms with van der Waals surface area (Å²) >= 11 is 1.61. The van der Waals surface area contributed by atoms with E-state index in [1.165, 1.54) is 7.11 Å². The van der Waals surface area contributed by atoms with Crippen LogP contribution in [0.2, 0.25) is 0 Å². The summed E-state index contributed by atoms with van der Waals surface area (Å²) in [5, 5.41) is 2.95. The Bertz CT molecular complexity index is 1250. The van der Waals surface area contributed by atoms with E-state index in [0.717, 1.165) is 21.7 Å². The maximum atomic E-state index is 13.2. The van der Waals surface area contributed by atoms with Crippen molar-refractivity contribution in [1.82, 2.24) is 4.98 Å². The molecule has 0 saturated carbocycles. The van der Waals surface area contributed by atoms with Gasteiger partial charge in [-0.1, -0.05) is 36.4 Å². The summed E-state index contributed by atoms with van der Waals surface area (Å²) in [5.74, 6) is 0.847. The number of amides is 1.